The molecule has 0 radical (unpaired) electrons. The highest BCUT2D eigenvalue weighted by molar-refractivity contribution is 8.00. The molecule has 1 N–H and O–H groups in total. The molecule has 0 amide bonds. The monoisotopic (exact) mass is 252 g/mol. The molecule has 7 heteroatoms. The highest BCUT2D eigenvalue weighted by Crippen LogP contribution is 2.38. The summed E-state index contributed by atoms with van der Waals surface area (Å²) in [5.41, 5.74) is -4.73. The highest BCUT2D eigenvalue weighted by Gasteiger charge is 2.29. The van der Waals surface area contributed by atoms with Crippen molar-refractivity contribution in [3.8, 4) is 5.75 Å². The van der Waals surface area contributed by atoms with Crippen LogP contribution >= 0.6 is 11.8 Å². The van der Waals surface area contributed by atoms with E-state index in [0.29, 0.717) is 0 Å². The Morgan fingerprint density at radius 3 is 2.50 bits per heavy atom. The van der Waals surface area contributed by atoms with Crippen molar-refractivity contribution in [1.29, 1.82) is 0 Å². The molecule has 0 unspecified atom stereocenters. The third-order valence-corrected chi connectivity index (χ3v) is 2.36. The quantitative estimate of drug-likeness (QED) is 0.840. The number of hydrogen-bond donors (Lipinski definition) is 1. The van der Waals surface area contributed by atoms with Crippen LogP contribution in [0, 0.1) is 0 Å². The van der Waals surface area contributed by atoms with E-state index in [4.69, 9.17) is 9.84 Å². The Bertz CT molecular complexity index is 403. The topological polar surface area (TPSA) is 46.5 Å². The van der Waals surface area contributed by atoms with Gasteiger partial charge in [-0.25, -0.2) is 4.79 Å². The first-order chi connectivity index (χ1) is 7.33. The molecule has 88 valence electrons. The molecule has 3 nitrogen and oxygen atoms in total. The largest absolute Gasteiger partial charge is 0.496 e. The van der Waals surface area contributed by atoms with Gasteiger partial charge in [0.25, 0.3) is 0 Å². The molecule has 1 aromatic rings. The number of carbonyl (C=O) groups is 1. The van der Waals surface area contributed by atoms with Gasteiger partial charge in [0.2, 0.25) is 0 Å². The minimum atomic E-state index is -4.44. The number of alkyl halides is 3. The normalized spacial score (nSPS) is 11.2. The van der Waals surface area contributed by atoms with Crippen molar-refractivity contribution < 1.29 is 27.8 Å². The van der Waals surface area contributed by atoms with Gasteiger partial charge in [0, 0.05) is 4.90 Å². The molecule has 1 rings (SSSR count). The number of benzene rings is 1. The molecule has 0 saturated heterocycles. The lowest BCUT2D eigenvalue weighted by molar-refractivity contribution is -0.0328. The zero-order valence-electron chi connectivity index (χ0n) is 8.04. The van der Waals surface area contributed by atoms with Gasteiger partial charge in [-0.1, -0.05) is 0 Å². The molecule has 0 heterocycles. The molecule has 16 heavy (non-hydrogen) atoms. The minimum Gasteiger partial charge on any atom is -0.496 e. The van der Waals surface area contributed by atoms with E-state index < -0.39 is 11.5 Å². The van der Waals surface area contributed by atoms with Crippen molar-refractivity contribution >= 4 is 17.7 Å². The van der Waals surface area contributed by atoms with E-state index in [1.54, 1.807) is 0 Å². The average Bonchev–Trinajstić information content (AvgIpc) is 2.15. The molecule has 0 aliphatic rings. The zero-order chi connectivity index (χ0) is 12.3. The minimum absolute atomic E-state index is 0.0269. The second kappa shape index (κ2) is 4.65. The van der Waals surface area contributed by atoms with Gasteiger partial charge in [-0.05, 0) is 30.0 Å². The fourth-order valence-electron chi connectivity index (χ4n) is 1.05. The number of carboxylic acid groups (broad SMARTS) is 1. The lowest BCUT2D eigenvalue weighted by Gasteiger charge is -2.08. The maximum atomic E-state index is 12.0. The lowest BCUT2D eigenvalue weighted by Crippen LogP contribution is -2.03. The SMILES string of the molecule is COc1ccc(SC(F)(F)F)cc1C(=O)O. The Morgan fingerprint density at radius 1 is 1.44 bits per heavy atom. The van der Waals surface area contributed by atoms with Crippen LogP contribution in [0.15, 0.2) is 23.1 Å². The number of aromatic carboxylic acids is 1. The van der Waals surface area contributed by atoms with E-state index in [0.717, 1.165) is 12.1 Å². The Morgan fingerprint density at radius 2 is 2.06 bits per heavy atom. The van der Waals surface area contributed by atoms with Crippen LogP contribution in [0.5, 0.6) is 5.75 Å². The summed E-state index contributed by atoms with van der Waals surface area (Å²) in [4.78, 5) is 10.5. The van der Waals surface area contributed by atoms with E-state index in [-0.39, 0.29) is 28.0 Å². The molecule has 0 bridgehead atoms. The second-order valence-electron chi connectivity index (χ2n) is 2.72. The van der Waals surface area contributed by atoms with Gasteiger partial charge in [-0.15, -0.1) is 0 Å². The number of methoxy groups -OCH3 is 1. The molecule has 0 atom stereocenters. The van der Waals surface area contributed by atoms with Gasteiger partial charge in [0.15, 0.2) is 0 Å². The van der Waals surface area contributed by atoms with E-state index in [1.807, 2.05) is 0 Å². The summed E-state index contributed by atoms with van der Waals surface area (Å²) >= 11 is -0.367. The smallest absolute Gasteiger partial charge is 0.446 e. The first-order valence-electron chi connectivity index (χ1n) is 4.00. The summed E-state index contributed by atoms with van der Waals surface area (Å²) in [7, 11) is 1.25. The number of carboxylic acids is 1. The van der Waals surface area contributed by atoms with E-state index in [1.165, 1.54) is 13.2 Å². The van der Waals surface area contributed by atoms with Crippen LogP contribution in [-0.2, 0) is 0 Å². The van der Waals surface area contributed by atoms with Crippen LogP contribution in [0.3, 0.4) is 0 Å². The van der Waals surface area contributed by atoms with Crippen molar-refractivity contribution in [2.45, 2.75) is 10.4 Å². The number of ether oxygens (including phenoxy) is 1. The van der Waals surface area contributed by atoms with Crippen LogP contribution in [-0.4, -0.2) is 23.7 Å². The maximum absolute atomic E-state index is 12.0. The summed E-state index contributed by atoms with van der Waals surface area (Å²) in [6, 6.07) is 3.28. The van der Waals surface area contributed by atoms with Gasteiger partial charge in [-0.3, -0.25) is 0 Å². The van der Waals surface area contributed by atoms with Crippen LogP contribution in [0.1, 0.15) is 10.4 Å². The Kier molecular flexibility index (Phi) is 3.69. The van der Waals surface area contributed by atoms with Crippen molar-refractivity contribution in [1.82, 2.24) is 0 Å². The maximum Gasteiger partial charge on any atom is 0.446 e. The summed E-state index contributed by atoms with van der Waals surface area (Å²) in [6.07, 6.45) is 0. The average molecular weight is 252 g/mol. The third kappa shape index (κ3) is 3.34. The predicted molar refractivity (Wildman–Crippen MR) is 51.9 cm³/mol. The van der Waals surface area contributed by atoms with Crippen LogP contribution < -0.4 is 4.74 Å². The molecular formula is C9H7F3O3S. The van der Waals surface area contributed by atoms with Crippen molar-refractivity contribution in [3.63, 3.8) is 0 Å². The first-order valence-corrected chi connectivity index (χ1v) is 4.82. The van der Waals surface area contributed by atoms with Gasteiger partial charge < -0.3 is 9.84 Å². The highest BCUT2D eigenvalue weighted by atomic mass is 32.2. The number of rotatable bonds is 3. The molecule has 0 spiro atoms. The van der Waals surface area contributed by atoms with E-state index in [2.05, 4.69) is 0 Å². The molecule has 0 saturated carbocycles. The number of thioether (sulfide) groups is 1. The number of hydrogen-bond acceptors (Lipinski definition) is 3. The molecule has 0 fully saturated rings. The fraction of sp³-hybridized carbons (Fsp3) is 0.222. The number of halogens is 3. The summed E-state index contributed by atoms with van der Waals surface area (Å²) in [6.45, 7) is 0. The summed E-state index contributed by atoms with van der Waals surface area (Å²) < 4.78 is 40.8. The Hall–Kier alpha value is -1.37. The van der Waals surface area contributed by atoms with Crippen LogP contribution in [0.2, 0.25) is 0 Å². The molecular weight excluding hydrogens is 245 g/mol. The molecule has 0 aromatic heterocycles. The van der Waals surface area contributed by atoms with Crippen LogP contribution in [0.25, 0.3) is 0 Å². The van der Waals surface area contributed by atoms with Gasteiger partial charge in [-0.2, -0.15) is 13.2 Å². The standard InChI is InChI=1S/C9H7F3O3S/c1-15-7-3-2-5(16-9(10,11)12)4-6(7)8(13)14/h2-4H,1H3,(H,13,14). The summed E-state index contributed by atoms with van der Waals surface area (Å²) in [5.74, 6) is -1.31. The van der Waals surface area contributed by atoms with Crippen molar-refractivity contribution in [3.05, 3.63) is 23.8 Å². The van der Waals surface area contributed by atoms with Gasteiger partial charge in [0.05, 0.1) is 7.11 Å². The molecule has 1 aromatic carbocycles. The lowest BCUT2D eigenvalue weighted by atomic mass is 10.2. The zero-order valence-corrected chi connectivity index (χ0v) is 8.85. The van der Waals surface area contributed by atoms with Crippen molar-refractivity contribution in [2.75, 3.05) is 7.11 Å². The second-order valence-corrected chi connectivity index (χ2v) is 3.85. The van der Waals surface area contributed by atoms with Crippen molar-refractivity contribution in [2.24, 2.45) is 0 Å². The predicted octanol–water partition coefficient (Wildman–Crippen LogP) is 3.01. The first kappa shape index (κ1) is 12.7. The van der Waals surface area contributed by atoms with Crippen LogP contribution in [0.4, 0.5) is 13.2 Å². The third-order valence-electron chi connectivity index (χ3n) is 1.63. The summed E-state index contributed by atoms with van der Waals surface area (Å²) in [5, 5.41) is 8.75. The van der Waals surface area contributed by atoms with Gasteiger partial charge >= 0.3 is 11.5 Å². The Balaban J connectivity index is 3.07. The van der Waals surface area contributed by atoms with E-state index in [9.17, 15) is 18.0 Å². The molecule has 0 aliphatic heterocycles. The van der Waals surface area contributed by atoms with E-state index >= 15 is 0 Å². The molecule has 0 aliphatic carbocycles. The van der Waals surface area contributed by atoms with Gasteiger partial charge in [0.1, 0.15) is 11.3 Å². The Labute approximate surface area is 93.2 Å². The fourth-order valence-corrected chi connectivity index (χ4v) is 1.63.